The number of carbonyl (C=O) groups excluding carboxylic acids is 2. The van der Waals surface area contributed by atoms with E-state index in [0.29, 0.717) is 5.69 Å². The van der Waals surface area contributed by atoms with Crippen LogP contribution in [0.3, 0.4) is 0 Å². The van der Waals surface area contributed by atoms with E-state index in [9.17, 15) is 14.4 Å². The third-order valence-corrected chi connectivity index (χ3v) is 2.85. The van der Waals surface area contributed by atoms with Crippen molar-refractivity contribution in [2.24, 2.45) is 5.92 Å². The number of imide groups is 1. The van der Waals surface area contributed by atoms with Gasteiger partial charge in [-0.1, -0.05) is 6.92 Å². The second-order valence-electron chi connectivity index (χ2n) is 4.26. The summed E-state index contributed by atoms with van der Waals surface area (Å²) in [6.45, 7) is 1.73. The second-order valence-corrected chi connectivity index (χ2v) is 4.26. The minimum atomic E-state index is -1.06. The summed E-state index contributed by atoms with van der Waals surface area (Å²) in [6, 6.07) is 2.73. The molecule has 1 atom stereocenters. The molecule has 1 N–H and O–H groups in total. The number of amides is 2. The summed E-state index contributed by atoms with van der Waals surface area (Å²) in [4.78, 5) is 39.2. The molecule has 18 heavy (non-hydrogen) atoms. The molecule has 0 aromatic carbocycles. The zero-order chi connectivity index (χ0) is 13.3. The number of carboxylic acid groups (broad SMARTS) is 1. The van der Waals surface area contributed by atoms with Crippen LogP contribution in [0.15, 0.2) is 18.3 Å². The van der Waals surface area contributed by atoms with Gasteiger partial charge in [0.05, 0.1) is 17.8 Å². The molecule has 2 rings (SSSR count). The number of likely N-dealkylation sites (tertiary alicyclic amines) is 1. The zero-order valence-corrected chi connectivity index (χ0v) is 9.79. The molecule has 1 aliphatic heterocycles. The molecule has 6 nitrogen and oxygen atoms in total. The first-order chi connectivity index (χ1) is 8.49. The van der Waals surface area contributed by atoms with Gasteiger partial charge in [0.2, 0.25) is 11.8 Å². The van der Waals surface area contributed by atoms with Crippen LogP contribution in [0.1, 0.15) is 29.4 Å². The van der Waals surface area contributed by atoms with Crippen LogP contribution in [-0.2, 0) is 16.1 Å². The molecule has 0 aliphatic carbocycles. The Labute approximate surface area is 103 Å². The molecule has 0 bridgehead atoms. The molecule has 6 heteroatoms. The standard InChI is InChI=1S/C12H12N2O4/c1-7-4-10(15)14(11(7)16)6-9-5-8(12(17)18)2-3-13-9/h2-3,5,7H,4,6H2,1H3,(H,17,18). The van der Waals surface area contributed by atoms with Crippen molar-refractivity contribution in [1.82, 2.24) is 9.88 Å². The molecule has 94 valence electrons. The summed E-state index contributed by atoms with van der Waals surface area (Å²) in [5.41, 5.74) is 0.484. The summed E-state index contributed by atoms with van der Waals surface area (Å²) in [5, 5.41) is 8.84. The Morgan fingerprint density at radius 2 is 2.28 bits per heavy atom. The van der Waals surface area contributed by atoms with Crippen LogP contribution in [0.5, 0.6) is 0 Å². The van der Waals surface area contributed by atoms with Gasteiger partial charge in [0.1, 0.15) is 0 Å². The highest BCUT2D eigenvalue weighted by atomic mass is 16.4. The number of nitrogens with zero attached hydrogens (tertiary/aromatic N) is 2. The van der Waals surface area contributed by atoms with Gasteiger partial charge in [-0.2, -0.15) is 0 Å². The molecule has 1 aliphatic rings. The third-order valence-electron chi connectivity index (χ3n) is 2.85. The van der Waals surface area contributed by atoms with E-state index in [0.717, 1.165) is 4.90 Å². The molecule has 1 saturated heterocycles. The molecular formula is C12H12N2O4. The third kappa shape index (κ3) is 2.22. The van der Waals surface area contributed by atoms with E-state index in [2.05, 4.69) is 4.98 Å². The largest absolute Gasteiger partial charge is 0.478 e. The maximum absolute atomic E-state index is 11.7. The van der Waals surface area contributed by atoms with Crippen molar-refractivity contribution in [1.29, 1.82) is 0 Å². The van der Waals surface area contributed by atoms with Crippen molar-refractivity contribution < 1.29 is 19.5 Å². The number of hydrogen-bond donors (Lipinski definition) is 1. The first kappa shape index (κ1) is 12.2. The first-order valence-electron chi connectivity index (χ1n) is 5.51. The summed E-state index contributed by atoms with van der Waals surface area (Å²) in [6.07, 6.45) is 1.56. The summed E-state index contributed by atoms with van der Waals surface area (Å²) >= 11 is 0. The van der Waals surface area contributed by atoms with Crippen LogP contribution in [0.25, 0.3) is 0 Å². The van der Waals surface area contributed by atoms with Crippen molar-refractivity contribution in [3.63, 3.8) is 0 Å². The maximum Gasteiger partial charge on any atom is 0.335 e. The topological polar surface area (TPSA) is 87.6 Å². The molecular weight excluding hydrogens is 236 g/mol. The predicted molar refractivity (Wildman–Crippen MR) is 60.5 cm³/mol. The van der Waals surface area contributed by atoms with E-state index >= 15 is 0 Å². The number of carbonyl (C=O) groups is 3. The van der Waals surface area contributed by atoms with E-state index in [4.69, 9.17) is 5.11 Å². The lowest BCUT2D eigenvalue weighted by Gasteiger charge is -2.13. The van der Waals surface area contributed by atoms with Gasteiger partial charge in [-0.3, -0.25) is 19.5 Å². The van der Waals surface area contributed by atoms with Crippen LogP contribution in [-0.4, -0.2) is 32.8 Å². The van der Waals surface area contributed by atoms with Gasteiger partial charge in [0.15, 0.2) is 0 Å². The monoisotopic (exact) mass is 248 g/mol. The van der Waals surface area contributed by atoms with Crippen LogP contribution in [0, 0.1) is 5.92 Å². The van der Waals surface area contributed by atoms with Gasteiger partial charge >= 0.3 is 5.97 Å². The lowest BCUT2D eigenvalue weighted by atomic mass is 10.1. The zero-order valence-electron chi connectivity index (χ0n) is 9.79. The number of rotatable bonds is 3. The molecule has 1 aromatic rings. The fourth-order valence-corrected chi connectivity index (χ4v) is 1.87. The fourth-order valence-electron chi connectivity index (χ4n) is 1.87. The number of aromatic carboxylic acids is 1. The highest BCUT2D eigenvalue weighted by molar-refractivity contribution is 6.03. The quantitative estimate of drug-likeness (QED) is 0.794. The summed E-state index contributed by atoms with van der Waals surface area (Å²) < 4.78 is 0. The fraction of sp³-hybridized carbons (Fsp3) is 0.333. The van der Waals surface area contributed by atoms with Gasteiger partial charge in [0, 0.05) is 18.5 Å². The van der Waals surface area contributed by atoms with E-state index in [1.807, 2.05) is 0 Å². The highest BCUT2D eigenvalue weighted by Gasteiger charge is 2.35. The smallest absolute Gasteiger partial charge is 0.335 e. The van der Waals surface area contributed by atoms with Gasteiger partial charge < -0.3 is 5.11 Å². The SMILES string of the molecule is CC1CC(=O)N(Cc2cc(C(=O)O)ccn2)C1=O. The molecule has 2 amide bonds. The summed E-state index contributed by atoms with van der Waals surface area (Å²) in [5.74, 6) is -1.84. The minimum Gasteiger partial charge on any atom is -0.478 e. The molecule has 0 saturated carbocycles. The van der Waals surface area contributed by atoms with E-state index < -0.39 is 5.97 Å². The van der Waals surface area contributed by atoms with E-state index in [1.165, 1.54) is 18.3 Å². The van der Waals surface area contributed by atoms with Crippen molar-refractivity contribution >= 4 is 17.8 Å². The van der Waals surface area contributed by atoms with E-state index in [1.54, 1.807) is 6.92 Å². The molecule has 1 unspecified atom stereocenters. The van der Waals surface area contributed by atoms with Gasteiger partial charge in [0.25, 0.3) is 0 Å². The van der Waals surface area contributed by atoms with Crippen LogP contribution >= 0.6 is 0 Å². The minimum absolute atomic E-state index is 0.0309. The Balaban J connectivity index is 2.19. The lowest BCUT2D eigenvalue weighted by molar-refractivity contribution is -0.140. The van der Waals surface area contributed by atoms with Crippen LogP contribution in [0.4, 0.5) is 0 Å². The average Bonchev–Trinajstić information content (AvgIpc) is 2.56. The molecule has 2 heterocycles. The van der Waals surface area contributed by atoms with Gasteiger partial charge in [-0.05, 0) is 12.1 Å². The van der Waals surface area contributed by atoms with Gasteiger partial charge in [-0.15, -0.1) is 0 Å². The van der Waals surface area contributed by atoms with Crippen LogP contribution in [0.2, 0.25) is 0 Å². The van der Waals surface area contributed by atoms with Gasteiger partial charge in [-0.25, -0.2) is 4.79 Å². The Bertz CT molecular complexity index is 527. The van der Waals surface area contributed by atoms with Crippen molar-refractivity contribution in [2.45, 2.75) is 19.9 Å². The average molecular weight is 248 g/mol. The van der Waals surface area contributed by atoms with E-state index in [-0.39, 0.29) is 36.3 Å². The van der Waals surface area contributed by atoms with Crippen molar-refractivity contribution in [3.8, 4) is 0 Å². The van der Waals surface area contributed by atoms with Crippen molar-refractivity contribution in [2.75, 3.05) is 0 Å². The predicted octanol–water partition coefficient (Wildman–Crippen LogP) is 0.675. The first-order valence-corrected chi connectivity index (χ1v) is 5.51. The van der Waals surface area contributed by atoms with Crippen LogP contribution < -0.4 is 0 Å². The lowest BCUT2D eigenvalue weighted by Crippen LogP contribution is -2.30. The van der Waals surface area contributed by atoms with Crippen molar-refractivity contribution in [3.05, 3.63) is 29.6 Å². The number of carboxylic acids is 1. The summed E-state index contributed by atoms with van der Waals surface area (Å²) in [7, 11) is 0. The Hall–Kier alpha value is -2.24. The number of aromatic nitrogens is 1. The number of hydrogen-bond acceptors (Lipinski definition) is 4. The Kier molecular flexibility index (Phi) is 3.10. The number of pyridine rings is 1. The normalized spacial score (nSPS) is 19.4. The molecule has 1 aromatic heterocycles. The molecule has 0 spiro atoms. The second kappa shape index (κ2) is 4.56. The Morgan fingerprint density at radius 1 is 1.56 bits per heavy atom. The molecule has 1 fully saturated rings. The molecule has 0 radical (unpaired) electrons. The Morgan fingerprint density at radius 3 is 2.83 bits per heavy atom. The maximum atomic E-state index is 11.7. The highest BCUT2D eigenvalue weighted by Crippen LogP contribution is 2.20.